The highest BCUT2D eigenvalue weighted by atomic mass is 79.9. The molecule has 8 heteroatoms. The first-order valence-corrected chi connectivity index (χ1v) is 9.38. The number of nitrogens with zero attached hydrogens (tertiary/aromatic N) is 1. The molecule has 1 aromatic carbocycles. The molecule has 0 unspecified atom stereocenters. The van der Waals surface area contributed by atoms with E-state index in [1.807, 2.05) is 6.92 Å². The largest absolute Gasteiger partial charge is 0.330 e. The van der Waals surface area contributed by atoms with Crippen molar-refractivity contribution in [3.63, 3.8) is 0 Å². The smallest absolute Gasteiger partial charge is 0.301 e. The quantitative estimate of drug-likeness (QED) is 0.821. The molecule has 0 atom stereocenters. The van der Waals surface area contributed by atoms with Gasteiger partial charge in [0.05, 0.1) is 5.69 Å². The highest BCUT2D eigenvalue weighted by molar-refractivity contribution is 9.10. The molecule has 0 saturated carbocycles. The maximum Gasteiger partial charge on any atom is 0.301 e. The summed E-state index contributed by atoms with van der Waals surface area (Å²) in [6.07, 6.45) is 1.60. The molecule has 1 aliphatic rings. The molecule has 2 rings (SSSR count). The molecule has 0 spiro atoms. The lowest BCUT2D eigenvalue weighted by molar-refractivity contribution is 0.280. The minimum absolute atomic E-state index is 0.414. The number of benzene rings is 1. The summed E-state index contributed by atoms with van der Waals surface area (Å²) in [4.78, 5) is 0. The molecule has 0 radical (unpaired) electrons. The van der Waals surface area contributed by atoms with Gasteiger partial charge >= 0.3 is 10.2 Å². The molecule has 1 aliphatic heterocycles. The molecule has 1 aromatic rings. The maximum atomic E-state index is 12.4. The third kappa shape index (κ3) is 4.10. The van der Waals surface area contributed by atoms with Gasteiger partial charge in [-0.05, 0) is 65.9 Å². The van der Waals surface area contributed by atoms with Crippen LogP contribution in [0, 0.1) is 12.8 Å². The zero-order valence-electron chi connectivity index (χ0n) is 11.8. The van der Waals surface area contributed by atoms with Crippen molar-refractivity contribution in [3.8, 4) is 0 Å². The van der Waals surface area contributed by atoms with Crippen LogP contribution < -0.4 is 10.5 Å². The van der Waals surface area contributed by atoms with Crippen LogP contribution in [0.1, 0.15) is 18.4 Å². The highest BCUT2D eigenvalue weighted by Crippen LogP contribution is 2.30. The summed E-state index contributed by atoms with van der Waals surface area (Å²) < 4.78 is 29.6. The van der Waals surface area contributed by atoms with Gasteiger partial charge < -0.3 is 5.73 Å². The Morgan fingerprint density at radius 2 is 2.05 bits per heavy atom. The van der Waals surface area contributed by atoms with Crippen molar-refractivity contribution in [2.24, 2.45) is 11.7 Å². The van der Waals surface area contributed by atoms with Crippen molar-refractivity contribution >= 4 is 43.4 Å². The Labute approximate surface area is 139 Å². The van der Waals surface area contributed by atoms with Crippen molar-refractivity contribution in [2.75, 3.05) is 24.4 Å². The van der Waals surface area contributed by atoms with E-state index in [0.717, 1.165) is 18.4 Å². The zero-order chi connectivity index (χ0) is 15.6. The normalized spacial score (nSPS) is 17.9. The molecule has 1 heterocycles. The van der Waals surface area contributed by atoms with Crippen LogP contribution in [0.15, 0.2) is 16.6 Å². The van der Waals surface area contributed by atoms with E-state index in [-0.39, 0.29) is 0 Å². The molecular weight excluding hydrogens is 378 g/mol. The monoisotopic (exact) mass is 395 g/mol. The van der Waals surface area contributed by atoms with Gasteiger partial charge in [0, 0.05) is 22.6 Å². The van der Waals surface area contributed by atoms with Crippen molar-refractivity contribution in [1.29, 1.82) is 0 Å². The summed E-state index contributed by atoms with van der Waals surface area (Å²) in [5.41, 5.74) is 6.96. The third-order valence-corrected chi connectivity index (χ3v) is 6.32. The Hall–Kier alpha value is -0.340. The maximum absolute atomic E-state index is 12.4. The summed E-state index contributed by atoms with van der Waals surface area (Å²) in [6, 6.07) is 3.41. The van der Waals surface area contributed by atoms with E-state index in [2.05, 4.69) is 20.7 Å². The first kappa shape index (κ1) is 17.0. The molecular formula is C13H19BrClN3O2S. The predicted molar refractivity (Wildman–Crippen MR) is 89.8 cm³/mol. The van der Waals surface area contributed by atoms with E-state index < -0.39 is 10.2 Å². The lowest BCUT2D eigenvalue weighted by Crippen LogP contribution is -2.42. The average Bonchev–Trinajstić information content (AvgIpc) is 2.44. The zero-order valence-corrected chi connectivity index (χ0v) is 14.9. The van der Waals surface area contributed by atoms with Gasteiger partial charge in [-0.25, -0.2) is 0 Å². The Morgan fingerprint density at radius 1 is 1.43 bits per heavy atom. The fraction of sp³-hybridized carbons (Fsp3) is 0.538. The van der Waals surface area contributed by atoms with Crippen molar-refractivity contribution < 1.29 is 8.42 Å². The number of anilines is 1. The standard InChI is InChI=1S/C13H19BrClN3O2S/c1-9-6-11(14)13(7-12(9)15)17-21(19,20)18-4-2-10(8-16)3-5-18/h6-7,10,17H,2-5,8,16H2,1H3. The van der Waals surface area contributed by atoms with Crippen LogP contribution in [0.2, 0.25) is 5.02 Å². The second-order valence-corrected chi connectivity index (χ2v) is 8.20. The van der Waals surface area contributed by atoms with E-state index in [4.69, 9.17) is 17.3 Å². The van der Waals surface area contributed by atoms with Crippen LogP contribution in [-0.2, 0) is 10.2 Å². The number of nitrogens with two attached hydrogens (primary N) is 1. The Kier molecular flexibility index (Phi) is 5.54. The summed E-state index contributed by atoms with van der Waals surface area (Å²) in [5, 5.41) is 0.526. The third-order valence-electron chi connectivity index (χ3n) is 3.73. The summed E-state index contributed by atoms with van der Waals surface area (Å²) in [5.74, 6) is 0.414. The molecule has 3 N–H and O–H groups in total. The molecule has 5 nitrogen and oxygen atoms in total. The molecule has 118 valence electrons. The SMILES string of the molecule is Cc1cc(Br)c(NS(=O)(=O)N2CCC(CN)CC2)cc1Cl. The van der Waals surface area contributed by atoms with Crippen LogP contribution in [0.4, 0.5) is 5.69 Å². The molecule has 1 saturated heterocycles. The van der Waals surface area contributed by atoms with E-state index in [0.29, 0.717) is 40.7 Å². The highest BCUT2D eigenvalue weighted by Gasteiger charge is 2.28. The van der Waals surface area contributed by atoms with Crippen LogP contribution in [-0.4, -0.2) is 32.4 Å². The topological polar surface area (TPSA) is 75.4 Å². The Bertz CT molecular complexity index is 616. The second kappa shape index (κ2) is 6.83. The van der Waals surface area contributed by atoms with E-state index >= 15 is 0 Å². The number of rotatable bonds is 4. The first-order valence-electron chi connectivity index (χ1n) is 6.77. The summed E-state index contributed by atoms with van der Waals surface area (Å²) in [7, 11) is -3.57. The van der Waals surface area contributed by atoms with Gasteiger partial charge in [0.2, 0.25) is 0 Å². The number of nitrogens with one attached hydrogen (secondary N) is 1. The van der Waals surface area contributed by atoms with Gasteiger partial charge in [-0.2, -0.15) is 12.7 Å². The van der Waals surface area contributed by atoms with E-state index in [1.54, 1.807) is 12.1 Å². The van der Waals surface area contributed by atoms with Crippen molar-refractivity contribution in [2.45, 2.75) is 19.8 Å². The molecule has 0 bridgehead atoms. The number of aryl methyl sites for hydroxylation is 1. The number of hydrogen-bond acceptors (Lipinski definition) is 3. The summed E-state index contributed by atoms with van der Waals surface area (Å²) >= 11 is 9.41. The van der Waals surface area contributed by atoms with Gasteiger partial charge in [0.25, 0.3) is 0 Å². The Balaban J connectivity index is 2.13. The fourth-order valence-electron chi connectivity index (χ4n) is 2.31. The lowest BCUT2D eigenvalue weighted by Gasteiger charge is -2.30. The van der Waals surface area contributed by atoms with Crippen molar-refractivity contribution in [3.05, 3.63) is 27.2 Å². The lowest BCUT2D eigenvalue weighted by atomic mass is 9.99. The second-order valence-electron chi connectivity index (χ2n) is 5.27. The number of piperidine rings is 1. The molecule has 0 aromatic heterocycles. The first-order chi connectivity index (χ1) is 9.83. The minimum atomic E-state index is -3.57. The number of halogens is 2. The molecule has 1 fully saturated rings. The average molecular weight is 397 g/mol. The van der Waals surface area contributed by atoms with Crippen LogP contribution in [0.5, 0.6) is 0 Å². The predicted octanol–water partition coefficient (Wildman–Crippen LogP) is 2.74. The molecule has 0 amide bonds. The van der Waals surface area contributed by atoms with Gasteiger partial charge in [0.15, 0.2) is 0 Å². The van der Waals surface area contributed by atoms with Crippen molar-refractivity contribution in [1.82, 2.24) is 4.31 Å². The van der Waals surface area contributed by atoms with Crippen LogP contribution in [0.25, 0.3) is 0 Å². The van der Waals surface area contributed by atoms with E-state index in [9.17, 15) is 8.42 Å². The Morgan fingerprint density at radius 3 is 2.62 bits per heavy atom. The molecule has 0 aliphatic carbocycles. The minimum Gasteiger partial charge on any atom is -0.330 e. The van der Waals surface area contributed by atoms with Crippen LogP contribution in [0.3, 0.4) is 0 Å². The van der Waals surface area contributed by atoms with E-state index in [1.165, 1.54) is 4.31 Å². The van der Waals surface area contributed by atoms with Gasteiger partial charge in [-0.15, -0.1) is 0 Å². The van der Waals surface area contributed by atoms with Gasteiger partial charge in [-0.1, -0.05) is 11.6 Å². The van der Waals surface area contributed by atoms with Gasteiger partial charge in [-0.3, -0.25) is 4.72 Å². The number of hydrogen-bond donors (Lipinski definition) is 2. The van der Waals surface area contributed by atoms with Gasteiger partial charge in [0.1, 0.15) is 0 Å². The summed E-state index contributed by atoms with van der Waals surface area (Å²) in [6.45, 7) is 3.46. The molecule has 21 heavy (non-hydrogen) atoms. The van der Waals surface area contributed by atoms with Crippen LogP contribution >= 0.6 is 27.5 Å². The fourth-order valence-corrected chi connectivity index (χ4v) is 4.43.